The van der Waals surface area contributed by atoms with Gasteiger partial charge in [0.05, 0.1) is 11.6 Å². The number of fused-ring (bicyclic) bond motifs is 1. The zero-order valence-electron chi connectivity index (χ0n) is 26.0. The zero-order valence-corrected chi connectivity index (χ0v) is 27.6. The highest BCUT2D eigenvalue weighted by molar-refractivity contribution is 9.10. The second-order valence-corrected chi connectivity index (χ2v) is 14.6. The first-order chi connectivity index (χ1) is 20.4. The second kappa shape index (κ2) is 11.0. The van der Waals surface area contributed by atoms with E-state index >= 15 is 0 Å². The molecule has 6 rings (SSSR count). The van der Waals surface area contributed by atoms with Gasteiger partial charge in [-0.25, -0.2) is 0 Å². The summed E-state index contributed by atoms with van der Waals surface area (Å²) in [5, 5.41) is 2.31. The lowest BCUT2D eigenvalue weighted by Crippen LogP contribution is -2.44. The van der Waals surface area contributed by atoms with E-state index in [2.05, 4.69) is 79.7 Å². The summed E-state index contributed by atoms with van der Waals surface area (Å²) in [5.74, 6) is 0.993. The Bertz CT molecular complexity index is 1650. The molecule has 3 aromatic carbocycles. The molecule has 224 valence electrons. The number of ketones is 2. The number of ether oxygens (including phenoxy) is 2. The van der Waals surface area contributed by atoms with Gasteiger partial charge in [0.1, 0.15) is 6.61 Å². The maximum atomic E-state index is 14.0. The maximum absolute atomic E-state index is 14.0. The summed E-state index contributed by atoms with van der Waals surface area (Å²) in [6.07, 6.45) is 2.53. The van der Waals surface area contributed by atoms with E-state index in [0.717, 1.165) is 68.3 Å². The smallest absolute Gasteiger partial charge is 0.175 e. The second-order valence-electron chi connectivity index (χ2n) is 13.7. The predicted molar refractivity (Wildman–Crippen MR) is 174 cm³/mol. The van der Waals surface area contributed by atoms with Crippen LogP contribution in [0.2, 0.25) is 0 Å². The molecule has 0 saturated heterocycles. The molecular weight excluding hydrogens is 602 g/mol. The Kier molecular flexibility index (Phi) is 7.56. The number of carbonyl (C=O) groups excluding carboxylic acids is 2. The summed E-state index contributed by atoms with van der Waals surface area (Å²) in [7, 11) is 1.63. The normalized spacial score (nSPS) is 19.9. The van der Waals surface area contributed by atoms with Gasteiger partial charge < -0.3 is 14.4 Å². The Morgan fingerprint density at radius 2 is 1.47 bits per heavy atom. The fourth-order valence-corrected chi connectivity index (χ4v) is 7.95. The molecule has 2 aliphatic carbocycles. The number of allylic oxidation sites excluding steroid dienone is 4. The Hall–Kier alpha value is -3.38. The minimum absolute atomic E-state index is 0.130. The minimum atomic E-state index is -0.433. The summed E-state index contributed by atoms with van der Waals surface area (Å²) < 4.78 is 13.0. The van der Waals surface area contributed by atoms with Crippen molar-refractivity contribution in [1.29, 1.82) is 0 Å². The molecule has 6 heteroatoms. The summed E-state index contributed by atoms with van der Waals surface area (Å²) >= 11 is 3.78. The number of Topliss-reactive ketones (excluding diaryl/α,β-unsaturated/α-hetero) is 2. The van der Waals surface area contributed by atoms with E-state index in [1.165, 1.54) is 0 Å². The third kappa shape index (κ3) is 5.32. The molecule has 5 nitrogen and oxygen atoms in total. The SMILES string of the molecule is CCN1C2=C(C(=O)CC(C)(C)C2)C(c2cc(Br)c(OCc3cccc4ccccc34)c(OC)c2)C2=C1CC(C)(C)CC2=O. The van der Waals surface area contributed by atoms with Crippen molar-refractivity contribution >= 4 is 38.3 Å². The van der Waals surface area contributed by atoms with Gasteiger partial charge >= 0.3 is 0 Å². The molecule has 0 amide bonds. The number of rotatable bonds is 6. The van der Waals surface area contributed by atoms with Crippen LogP contribution < -0.4 is 9.47 Å². The highest BCUT2D eigenvalue weighted by Gasteiger charge is 2.48. The summed E-state index contributed by atoms with van der Waals surface area (Å²) in [6.45, 7) is 11.9. The van der Waals surface area contributed by atoms with Crippen molar-refractivity contribution in [2.24, 2.45) is 10.8 Å². The molecule has 1 aliphatic heterocycles. The fourth-order valence-electron chi connectivity index (χ4n) is 7.38. The van der Waals surface area contributed by atoms with Crippen LogP contribution in [0.5, 0.6) is 11.5 Å². The van der Waals surface area contributed by atoms with Crippen molar-refractivity contribution in [2.75, 3.05) is 13.7 Å². The molecule has 0 atom stereocenters. The van der Waals surface area contributed by atoms with Crippen molar-refractivity contribution in [1.82, 2.24) is 4.90 Å². The number of nitrogens with zero attached hydrogens (tertiary/aromatic N) is 1. The topological polar surface area (TPSA) is 55.8 Å². The van der Waals surface area contributed by atoms with Gasteiger partial charge in [-0.15, -0.1) is 0 Å². The lowest BCUT2D eigenvalue weighted by Gasteiger charge is -2.49. The molecule has 3 aromatic rings. The molecule has 0 saturated carbocycles. The zero-order chi connectivity index (χ0) is 30.7. The Morgan fingerprint density at radius 3 is 2.07 bits per heavy atom. The molecule has 0 bridgehead atoms. The van der Waals surface area contributed by atoms with Crippen LogP contribution in [0, 0.1) is 10.8 Å². The van der Waals surface area contributed by atoms with Crippen molar-refractivity contribution in [3.05, 3.63) is 92.7 Å². The average molecular weight is 643 g/mol. The van der Waals surface area contributed by atoms with Crippen molar-refractivity contribution < 1.29 is 19.1 Å². The highest BCUT2D eigenvalue weighted by Crippen LogP contribution is 2.55. The molecule has 0 radical (unpaired) electrons. The van der Waals surface area contributed by atoms with Crippen LogP contribution in [0.3, 0.4) is 0 Å². The summed E-state index contributed by atoms with van der Waals surface area (Å²) in [5.41, 5.74) is 5.36. The molecule has 0 fully saturated rings. The van der Waals surface area contributed by atoms with Crippen LogP contribution in [0.4, 0.5) is 0 Å². The number of carbonyl (C=O) groups is 2. The molecule has 3 aliphatic rings. The van der Waals surface area contributed by atoms with Gasteiger partial charge in [-0.2, -0.15) is 0 Å². The van der Waals surface area contributed by atoms with Gasteiger partial charge in [-0.3, -0.25) is 9.59 Å². The first kappa shape index (κ1) is 29.7. The molecule has 43 heavy (non-hydrogen) atoms. The van der Waals surface area contributed by atoms with Gasteiger partial charge in [-0.05, 0) is 80.6 Å². The number of benzene rings is 3. The average Bonchev–Trinajstić information content (AvgIpc) is 2.94. The Balaban J connectivity index is 1.46. The molecule has 0 spiro atoms. The minimum Gasteiger partial charge on any atom is -0.493 e. The summed E-state index contributed by atoms with van der Waals surface area (Å²) in [6, 6.07) is 18.5. The molecular formula is C37H40BrNO4. The molecule has 1 heterocycles. The van der Waals surface area contributed by atoms with E-state index in [9.17, 15) is 9.59 Å². The largest absolute Gasteiger partial charge is 0.493 e. The lowest BCUT2D eigenvalue weighted by atomic mass is 9.63. The van der Waals surface area contributed by atoms with E-state index in [0.29, 0.717) is 30.9 Å². The van der Waals surface area contributed by atoms with Gasteiger partial charge in [0.15, 0.2) is 23.1 Å². The maximum Gasteiger partial charge on any atom is 0.175 e. The van der Waals surface area contributed by atoms with Crippen LogP contribution in [0.1, 0.15) is 77.3 Å². The quantitative estimate of drug-likeness (QED) is 0.269. The van der Waals surface area contributed by atoms with Gasteiger partial charge in [-0.1, -0.05) is 70.2 Å². The third-order valence-electron chi connectivity index (χ3n) is 9.18. The number of methoxy groups -OCH3 is 1. The predicted octanol–water partition coefficient (Wildman–Crippen LogP) is 8.90. The van der Waals surface area contributed by atoms with E-state index < -0.39 is 5.92 Å². The molecule has 0 unspecified atom stereocenters. The van der Waals surface area contributed by atoms with E-state index in [4.69, 9.17) is 9.47 Å². The van der Waals surface area contributed by atoms with E-state index in [1.807, 2.05) is 30.3 Å². The third-order valence-corrected chi connectivity index (χ3v) is 9.76. The van der Waals surface area contributed by atoms with Crippen LogP contribution in [0.25, 0.3) is 10.8 Å². The van der Waals surface area contributed by atoms with Gasteiger partial charge in [0.25, 0.3) is 0 Å². The van der Waals surface area contributed by atoms with Crippen molar-refractivity contribution in [3.8, 4) is 11.5 Å². The van der Waals surface area contributed by atoms with E-state index in [1.54, 1.807) is 7.11 Å². The molecule has 0 N–H and O–H groups in total. The Labute approximate surface area is 263 Å². The summed E-state index contributed by atoms with van der Waals surface area (Å²) in [4.78, 5) is 30.3. The Morgan fingerprint density at radius 1 is 0.860 bits per heavy atom. The van der Waals surface area contributed by atoms with Crippen molar-refractivity contribution in [2.45, 2.75) is 72.8 Å². The van der Waals surface area contributed by atoms with Crippen LogP contribution in [-0.2, 0) is 16.2 Å². The fraction of sp³-hybridized carbons (Fsp3) is 0.405. The van der Waals surface area contributed by atoms with Crippen LogP contribution >= 0.6 is 15.9 Å². The number of hydrogen-bond donors (Lipinski definition) is 0. The number of hydrogen-bond acceptors (Lipinski definition) is 5. The van der Waals surface area contributed by atoms with Gasteiger partial charge in [0.2, 0.25) is 0 Å². The van der Waals surface area contributed by atoms with Gasteiger partial charge in [0, 0.05) is 47.8 Å². The first-order valence-corrected chi connectivity index (χ1v) is 16.0. The van der Waals surface area contributed by atoms with E-state index in [-0.39, 0.29) is 22.4 Å². The first-order valence-electron chi connectivity index (χ1n) is 15.2. The monoisotopic (exact) mass is 641 g/mol. The number of halogens is 1. The highest BCUT2D eigenvalue weighted by atomic mass is 79.9. The van der Waals surface area contributed by atoms with Crippen molar-refractivity contribution in [3.63, 3.8) is 0 Å². The lowest BCUT2D eigenvalue weighted by molar-refractivity contribution is -0.119. The van der Waals surface area contributed by atoms with Crippen LogP contribution in [0.15, 0.2) is 81.6 Å². The standard InChI is InChI=1S/C37H40BrNO4/c1-7-39-27-17-36(2,3)19-29(40)33(27)32(34-28(39)18-37(4,5)20-30(34)41)24-15-26(38)35(31(16-24)42-6)43-21-23-13-10-12-22-11-8-9-14-25(22)23/h8-16,32H,7,17-21H2,1-6H3. The van der Waals surface area contributed by atoms with Crippen LogP contribution in [-0.4, -0.2) is 30.1 Å². The molecule has 0 aromatic heterocycles.